The highest BCUT2D eigenvalue weighted by molar-refractivity contribution is 5.19. The minimum atomic E-state index is 0.438. The maximum atomic E-state index is 5.69. The minimum absolute atomic E-state index is 0.438. The van der Waals surface area contributed by atoms with E-state index in [1.54, 1.807) is 0 Å². The molecule has 1 saturated heterocycles. The molecule has 0 amide bonds. The molecule has 0 bridgehead atoms. The van der Waals surface area contributed by atoms with Crippen molar-refractivity contribution in [2.24, 2.45) is 5.92 Å². The van der Waals surface area contributed by atoms with Gasteiger partial charge in [-0.05, 0) is 18.4 Å². The van der Waals surface area contributed by atoms with Gasteiger partial charge in [-0.25, -0.2) is 0 Å². The van der Waals surface area contributed by atoms with Crippen LogP contribution < -0.4 is 5.32 Å². The first-order valence-corrected chi connectivity index (χ1v) is 7.82. The highest BCUT2D eigenvalue weighted by atomic mass is 16.5. The highest BCUT2D eigenvalue weighted by Crippen LogP contribution is 2.21. The molecule has 1 fully saturated rings. The fraction of sp³-hybridized carbons (Fsp3) is 0.647. The second kappa shape index (κ2) is 7.77. The summed E-state index contributed by atoms with van der Waals surface area (Å²) in [5.41, 5.74) is 1.39. The molecule has 1 aromatic rings. The van der Waals surface area contributed by atoms with Crippen LogP contribution in [0.1, 0.15) is 32.4 Å². The first-order valence-electron chi connectivity index (χ1n) is 7.82. The molecule has 1 heterocycles. The standard InChI is InChI=1S/C17H28N2O/c1-4-20-13-17(14(2)3)19-11-10-18-16(12-19)15-8-6-5-7-9-15/h5-9,14,16-18H,4,10-13H2,1-3H3. The summed E-state index contributed by atoms with van der Waals surface area (Å²) in [7, 11) is 0. The van der Waals surface area contributed by atoms with Gasteiger partial charge < -0.3 is 10.1 Å². The molecule has 2 atom stereocenters. The second-order valence-corrected chi connectivity index (χ2v) is 5.88. The van der Waals surface area contributed by atoms with Crippen LogP contribution in [-0.4, -0.2) is 43.8 Å². The third-order valence-corrected chi connectivity index (χ3v) is 4.14. The fourth-order valence-corrected chi connectivity index (χ4v) is 2.94. The van der Waals surface area contributed by atoms with Gasteiger partial charge in [-0.15, -0.1) is 0 Å². The smallest absolute Gasteiger partial charge is 0.0624 e. The summed E-state index contributed by atoms with van der Waals surface area (Å²) in [6, 6.07) is 11.7. The van der Waals surface area contributed by atoms with Crippen molar-refractivity contribution in [2.75, 3.05) is 32.8 Å². The Kier molecular flexibility index (Phi) is 6.02. The van der Waals surface area contributed by atoms with Crippen LogP contribution in [-0.2, 0) is 4.74 Å². The monoisotopic (exact) mass is 276 g/mol. The normalized spacial score (nSPS) is 22.1. The summed E-state index contributed by atoms with van der Waals surface area (Å²) in [5, 5.41) is 3.63. The van der Waals surface area contributed by atoms with Gasteiger partial charge in [-0.1, -0.05) is 44.2 Å². The lowest BCUT2D eigenvalue weighted by Gasteiger charge is -2.40. The van der Waals surface area contributed by atoms with Gasteiger partial charge in [0.1, 0.15) is 0 Å². The molecule has 2 rings (SSSR count). The van der Waals surface area contributed by atoms with Crippen LogP contribution in [0.15, 0.2) is 30.3 Å². The predicted molar refractivity (Wildman–Crippen MR) is 83.9 cm³/mol. The molecule has 1 aromatic carbocycles. The van der Waals surface area contributed by atoms with Crippen molar-refractivity contribution in [1.29, 1.82) is 0 Å². The average Bonchev–Trinajstić information content (AvgIpc) is 2.48. The van der Waals surface area contributed by atoms with E-state index in [1.165, 1.54) is 5.56 Å². The van der Waals surface area contributed by atoms with Crippen LogP contribution >= 0.6 is 0 Å². The molecule has 3 heteroatoms. The largest absolute Gasteiger partial charge is 0.380 e. The Bertz CT molecular complexity index is 380. The zero-order valence-electron chi connectivity index (χ0n) is 13.0. The van der Waals surface area contributed by atoms with Gasteiger partial charge in [0, 0.05) is 38.3 Å². The van der Waals surface area contributed by atoms with Gasteiger partial charge in [-0.2, -0.15) is 0 Å². The van der Waals surface area contributed by atoms with Crippen molar-refractivity contribution in [3.8, 4) is 0 Å². The second-order valence-electron chi connectivity index (χ2n) is 5.88. The Morgan fingerprint density at radius 3 is 2.70 bits per heavy atom. The van der Waals surface area contributed by atoms with Gasteiger partial charge in [0.25, 0.3) is 0 Å². The Hall–Kier alpha value is -0.900. The molecule has 2 unspecified atom stereocenters. The number of nitrogens with zero attached hydrogens (tertiary/aromatic N) is 1. The van der Waals surface area contributed by atoms with Gasteiger partial charge in [-0.3, -0.25) is 4.90 Å². The summed E-state index contributed by atoms with van der Waals surface area (Å²) in [6.07, 6.45) is 0. The van der Waals surface area contributed by atoms with Crippen molar-refractivity contribution >= 4 is 0 Å². The van der Waals surface area contributed by atoms with E-state index in [0.717, 1.165) is 32.8 Å². The van der Waals surface area contributed by atoms with Crippen LogP contribution in [0, 0.1) is 5.92 Å². The molecule has 1 N–H and O–H groups in total. The molecule has 1 aliphatic heterocycles. The molecule has 20 heavy (non-hydrogen) atoms. The van der Waals surface area contributed by atoms with E-state index < -0.39 is 0 Å². The average molecular weight is 276 g/mol. The SMILES string of the molecule is CCOCC(C(C)C)N1CCNC(c2ccccc2)C1. The quantitative estimate of drug-likeness (QED) is 0.864. The maximum absolute atomic E-state index is 5.69. The molecule has 0 aliphatic carbocycles. The van der Waals surface area contributed by atoms with Crippen molar-refractivity contribution in [3.05, 3.63) is 35.9 Å². The number of hydrogen-bond donors (Lipinski definition) is 1. The molecule has 1 aliphatic rings. The van der Waals surface area contributed by atoms with Crippen LogP contribution in [0.5, 0.6) is 0 Å². The summed E-state index contributed by atoms with van der Waals surface area (Å²) in [4.78, 5) is 2.59. The Morgan fingerprint density at radius 2 is 2.05 bits per heavy atom. The summed E-state index contributed by atoms with van der Waals surface area (Å²) in [6.45, 7) is 11.5. The van der Waals surface area contributed by atoms with E-state index in [9.17, 15) is 0 Å². The lowest BCUT2D eigenvalue weighted by Crippen LogP contribution is -2.53. The topological polar surface area (TPSA) is 24.5 Å². The van der Waals surface area contributed by atoms with Crippen LogP contribution in [0.4, 0.5) is 0 Å². The van der Waals surface area contributed by atoms with Crippen LogP contribution in [0.3, 0.4) is 0 Å². The number of benzene rings is 1. The molecular formula is C17H28N2O. The number of piperazine rings is 1. The first kappa shape index (κ1) is 15.5. The molecule has 3 nitrogen and oxygen atoms in total. The van der Waals surface area contributed by atoms with Gasteiger partial charge >= 0.3 is 0 Å². The molecule has 0 spiro atoms. The van der Waals surface area contributed by atoms with E-state index in [2.05, 4.69) is 61.3 Å². The number of hydrogen-bond acceptors (Lipinski definition) is 3. The number of rotatable bonds is 6. The van der Waals surface area contributed by atoms with Gasteiger partial charge in [0.05, 0.1) is 6.61 Å². The summed E-state index contributed by atoms with van der Waals surface area (Å²) in [5.74, 6) is 0.621. The summed E-state index contributed by atoms with van der Waals surface area (Å²) < 4.78 is 5.69. The van der Waals surface area contributed by atoms with Crippen LogP contribution in [0.25, 0.3) is 0 Å². The lowest BCUT2D eigenvalue weighted by atomic mass is 9.99. The van der Waals surface area contributed by atoms with E-state index >= 15 is 0 Å². The summed E-state index contributed by atoms with van der Waals surface area (Å²) >= 11 is 0. The Morgan fingerprint density at radius 1 is 1.30 bits per heavy atom. The number of nitrogens with one attached hydrogen (secondary N) is 1. The molecular weight excluding hydrogens is 248 g/mol. The zero-order valence-corrected chi connectivity index (χ0v) is 13.0. The molecule has 0 aromatic heterocycles. The van der Waals surface area contributed by atoms with E-state index in [-0.39, 0.29) is 0 Å². The van der Waals surface area contributed by atoms with Crippen molar-refractivity contribution in [3.63, 3.8) is 0 Å². The predicted octanol–water partition coefficient (Wildman–Crippen LogP) is 2.69. The molecule has 0 radical (unpaired) electrons. The Balaban J connectivity index is 2.01. The lowest BCUT2D eigenvalue weighted by molar-refractivity contribution is 0.0295. The van der Waals surface area contributed by atoms with Crippen molar-refractivity contribution in [1.82, 2.24) is 10.2 Å². The zero-order chi connectivity index (χ0) is 14.4. The van der Waals surface area contributed by atoms with Crippen molar-refractivity contribution < 1.29 is 4.74 Å². The minimum Gasteiger partial charge on any atom is -0.380 e. The van der Waals surface area contributed by atoms with Crippen molar-refractivity contribution in [2.45, 2.75) is 32.9 Å². The fourth-order valence-electron chi connectivity index (χ4n) is 2.94. The van der Waals surface area contributed by atoms with Gasteiger partial charge in [0.15, 0.2) is 0 Å². The van der Waals surface area contributed by atoms with E-state index in [4.69, 9.17) is 4.74 Å². The Labute approximate surface area is 123 Å². The van der Waals surface area contributed by atoms with Crippen LogP contribution in [0.2, 0.25) is 0 Å². The third-order valence-electron chi connectivity index (χ3n) is 4.14. The van der Waals surface area contributed by atoms with E-state index in [1.807, 2.05) is 0 Å². The first-order chi connectivity index (χ1) is 9.72. The maximum Gasteiger partial charge on any atom is 0.0624 e. The molecule has 112 valence electrons. The molecule has 0 saturated carbocycles. The highest BCUT2D eigenvalue weighted by Gasteiger charge is 2.28. The van der Waals surface area contributed by atoms with Gasteiger partial charge in [0.2, 0.25) is 0 Å². The van der Waals surface area contributed by atoms with E-state index in [0.29, 0.717) is 18.0 Å². The number of ether oxygens (including phenoxy) is 1. The third kappa shape index (κ3) is 4.05.